The summed E-state index contributed by atoms with van der Waals surface area (Å²) in [6.07, 6.45) is 102. The van der Waals surface area contributed by atoms with Gasteiger partial charge < -0.3 is 33.3 Å². The van der Waals surface area contributed by atoms with Gasteiger partial charge in [-0.3, -0.25) is 9.59 Å². The number of quaternary nitrogens is 1. The van der Waals surface area contributed by atoms with Gasteiger partial charge in [0.1, 0.15) is 13.2 Å². The van der Waals surface area contributed by atoms with Crippen LogP contribution in [0.5, 0.6) is 0 Å². The fourth-order valence-electron chi connectivity index (χ4n) is 9.76. The van der Waals surface area contributed by atoms with E-state index in [0.717, 1.165) is 128 Å². The van der Waals surface area contributed by atoms with E-state index in [1.807, 2.05) is 21.1 Å². The highest BCUT2D eigenvalue weighted by molar-refractivity contribution is 5.70. The summed E-state index contributed by atoms with van der Waals surface area (Å²) in [5.74, 6) is -2.29. The average Bonchev–Trinajstić information content (AvgIpc) is 3.46. The number of ether oxygens (including phenoxy) is 4. The standard InChI is InChI=1S/C82H135NO8/c1-6-8-10-12-14-16-18-20-22-24-26-28-30-32-34-35-36-37-38-39-40-41-42-43-44-45-47-49-51-53-55-57-59-61-63-65-67-69-71-73-80(85)91-78(77-90-82(81(86)87)88-75-74-83(3,4)5)76-89-79(84)72-70-68-66-64-62-60-58-56-54-52-50-48-46-33-31-29-27-25-23-21-19-17-15-13-11-9-7-2/h8-11,14-17,20-23,26-29,32-34,36-37,39-40,42-43,46,78,82H,6-7,12-13,18-19,24-25,30-31,35,38,41,44-45,47-77H2,1-5H3/b10-8-,11-9-,16-14-,17-15-,22-20-,23-21-,28-26-,29-27-,34-32-,37-36-,40-39-,43-42-,46-33-. The Hall–Kier alpha value is -5.09. The number of carbonyl (C=O) groups is 3. The van der Waals surface area contributed by atoms with Gasteiger partial charge in [0.2, 0.25) is 0 Å². The van der Waals surface area contributed by atoms with Gasteiger partial charge in [-0.25, -0.2) is 0 Å². The van der Waals surface area contributed by atoms with Gasteiger partial charge in [-0.2, -0.15) is 0 Å². The van der Waals surface area contributed by atoms with Crippen LogP contribution in [0.2, 0.25) is 0 Å². The van der Waals surface area contributed by atoms with E-state index in [4.69, 9.17) is 18.9 Å². The van der Waals surface area contributed by atoms with E-state index in [9.17, 15) is 19.5 Å². The van der Waals surface area contributed by atoms with Gasteiger partial charge >= 0.3 is 11.9 Å². The summed E-state index contributed by atoms with van der Waals surface area (Å²) < 4.78 is 22.8. The lowest BCUT2D eigenvalue weighted by Crippen LogP contribution is -2.44. The molecule has 0 aliphatic heterocycles. The molecule has 0 saturated heterocycles. The van der Waals surface area contributed by atoms with Crippen LogP contribution in [0.25, 0.3) is 0 Å². The molecule has 0 aromatic carbocycles. The molecule has 0 amide bonds. The first-order chi connectivity index (χ1) is 44.6. The molecular weight excluding hydrogens is 1130 g/mol. The van der Waals surface area contributed by atoms with E-state index in [-0.39, 0.29) is 38.6 Å². The third-order valence-electron chi connectivity index (χ3n) is 15.3. The molecule has 9 heteroatoms. The van der Waals surface area contributed by atoms with E-state index in [1.54, 1.807) is 0 Å². The van der Waals surface area contributed by atoms with Crippen molar-refractivity contribution in [2.24, 2.45) is 0 Å². The molecule has 0 bridgehead atoms. The molecule has 9 nitrogen and oxygen atoms in total. The summed E-state index contributed by atoms with van der Waals surface area (Å²) in [4.78, 5) is 37.5. The number of carbonyl (C=O) groups excluding carboxylic acids is 3. The number of esters is 2. The first-order valence-electron chi connectivity index (χ1n) is 36.6. The number of likely N-dealkylation sites (N-methyl/N-ethyl adjacent to an activating group) is 1. The molecule has 0 aliphatic rings. The van der Waals surface area contributed by atoms with Crippen molar-refractivity contribution < 1.29 is 42.9 Å². The topological polar surface area (TPSA) is 111 Å². The highest BCUT2D eigenvalue weighted by Gasteiger charge is 2.22. The summed E-state index contributed by atoms with van der Waals surface area (Å²) in [5.41, 5.74) is 0. The van der Waals surface area contributed by atoms with Gasteiger partial charge in [-0.15, -0.1) is 0 Å². The molecule has 0 fully saturated rings. The van der Waals surface area contributed by atoms with Crippen molar-refractivity contribution in [3.8, 4) is 0 Å². The van der Waals surface area contributed by atoms with Gasteiger partial charge in [-0.05, 0) is 122 Å². The molecule has 0 aromatic rings. The van der Waals surface area contributed by atoms with Gasteiger partial charge in [0.25, 0.3) is 0 Å². The number of carboxylic acid groups (broad SMARTS) is 1. The van der Waals surface area contributed by atoms with Crippen LogP contribution < -0.4 is 5.11 Å². The molecule has 2 atom stereocenters. The average molecular weight is 1260 g/mol. The van der Waals surface area contributed by atoms with E-state index in [0.29, 0.717) is 17.4 Å². The Balaban J connectivity index is 4.12. The van der Waals surface area contributed by atoms with Gasteiger partial charge in [0.05, 0.1) is 40.3 Å². The molecule has 0 rings (SSSR count). The summed E-state index contributed by atoms with van der Waals surface area (Å²) in [5, 5.41) is 11.8. The highest BCUT2D eigenvalue weighted by atomic mass is 16.7. The quantitative estimate of drug-likeness (QED) is 0.0195. The number of aliphatic carboxylic acids is 1. The molecule has 0 N–H and O–H groups in total. The SMILES string of the molecule is CC/C=C\C/C=C\C/C=C\C/C=C\C/C=C\C/C=C\C/C=C\C/C=C\CCCCCCCCCCCCCCCCC(=O)OC(COC(=O)CCCCCCCCCCCCC/C=C\C/C=C\C/C=C\C/C=C\C/C=C\CC)COC(OCC[N+](C)(C)C)C(=O)[O-]. The normalized spacial score (nSPS) is 13.6. The van der Waals surface area contributed by atoms with Crippen LogP contribution in [0, 0.1) is 0 Å². The summed E-state index contributed by atoms with van der Waals surface area (Å²) >= 11 is 0. The smallest absolute Gasteiger partial charge is 0.306 e. The molecule has 0 spiro atoms. The number of allylic oxidation sites excluding steroid dienone is 26. The second-order valence-electron chi connectivity index (χ2n) is 25.1. The molecule has 0 aromatic heterocycles. The molecule has 91 heavy (non-hydrogen) atoms. The lowest BCUT2D eigenvalue weighted by Gasteiger charge is -2.26. The minimum atomic E-state index is -1.63. The third kappa shape index (κ3) is 72.2. The van der Waals surface area contributed by atoms with Gasteiger partial charge in [0.15, 0.2) is 12.4 Å². The molecule has 516 valence electrons. The predicted octanol–water partition coefficient (Wildman–Crippen LogP) is 21.9. The van der Waals surface area contributed by atoms with Crippen LogP contribution in [-0.4, -0.2) is 82.3 Å². The molecular formula is C82H135NO8. The lowest BCUT2D eigenvalue weighted by molar-refractivity contribution is -0.870. The molecule has 0 aliphatic carbocycles. The zero-order valence-electron chi connectivity index (χ0n) is 58.9. The Kier molecular flexibility index (Phi) is 66.8. The van der Waals surface area contributed by atoms with Gasteiger partial charge in [-0.1, -0.05) is 307 Å². The maximum absolute atomic E-state index is 13.0. The van der Waals surface area contributed by atoms with E-state index < -0.39 is 24.3 Å². The molecule has 2 unspecified atom stereocenters. The van der Waals surface area contributed by atoms with Crippen LogP contribution in [0.15, 0.2) is 158 Å². The van der Waals surface area contributed by atoms with Crippen LogP contribution in [-0.2, 0) is 33.3 Å². The van der Waals surface area contributed by atoms with Crippen molar-refractivity contribution in [1.82, 2.24) is 0 Å². The number of hydrogen-bond donors (Lipinski definition) is 0. The van der Waals surface area contributed by atoms with Crippen LogP contribution >= 0.6 is 0 Å². The van der Waals surface area contributed by atoms with Gasteiger partial charge in [0, 0.05) is 12.8 Å². The lowest BCUT2D eigenvalue weighted by atomic mass is 10.0. The number of carboxylic acids is 1. The number of hydrogen-bond acceptors (Lipinski definition) is 8. The van der Waals surface area contributed by atoms with Crippen molar-refractivity contribution >= 4 is 17.9 Å². The van der Waals surface area contributed by atoms with Crippen molar-refractivity contribution in [2.45, 2.75) is 296 Å². The van der Waals surface area contributed by atoms with Crippen molar-refractivity contribution in [3.05, 3.63) is 158 Å². The number of rotatable bonds is 66. The third-order valence-corrected chi connectivity index (χ3v) is 15.3. The summed E-state index contributed by atoms with van der Waals surface area (Å²) in [7, 11) is 5.93. The fourth-order valence-corrected chi connectivity index (χ4v) is 9.76. The summed E-state index contributed by atoms with van der Waals surface area (Å²) in [6, 6.07) is 0. The second-order valence-corrected chi connectivity index (χ2v) is 25.1. The maximum Gasteiger partial charge on any atom is 0.306 e. The zero-order valence-corrected chi connectivity index (χ0v) is 58.9. The number of nitrogens with zero attached hydrogens (tertiary/aromatic N) is 1. The monoisotopic (exact) mass is 1260 g/mol. The van der Waals surface area contributed by atoms with Crippen LogP contribution in [0.4, 0.5) is 0 Å². The van der Waals surface area contributed by atoms with Crippen molar-refractivity contribution in [1.29, 1.82) is 0 Å². The molecule has 0 heterocycles. The Morgan fingerprint density at radius 3 is 0.879 bits per heavy atom. The first kappa shape index (κ1) is 85.9. The zero-order chi connectivity index (χ0) is 66.1. The molecule has 0 saturated carbocycles. The van der Waals surface area contributed by atoms with Crippen LogP contribution in [0.3, 0.4) is 0 Å². The minimum Gasteiger partial charge on any atom is -0.545 e. The maximum atomic E-state index is 13.0. The predicted molar refractivity (Wildman–Crippen MR) is 389 cm³/mol. The minimum absolute atomic E-state index is 0.141. The molecule has 0 radical (unpaired) electrons. The fraction of sp³-hybridized carbons (Fsp3) is 0.646. The van der Waals surface area contributed by atoms with Crippen molar-refractivity contribution in [3.63, 3.8) is 0 Å². The Morgan fingerprint density at radius 1 is 0.330 bits per heavy atom. The summed E-state index contributed by atoms with van der Waals surface area (Å²) in [6.45, 7) is 4.52. The van der Waals surface area contributed by atoms with Crippen LogP contribution in [0.1, 0.15) is 284 Å². The Labute approximate surface area is 559 Å². The second kappa shape index (κ2) is 70.8. The first-order valence-corrected chi connectivity index (χ1v) is 36.6. The number of unbranched alkanes of at least 4 members (excludes halogenated alkanes) is 25. The van der Waals surface area contributed by atoms with E-state index in [2.05, 4.69) is 172 Å². The van der Waals surface area contributed by atoms with Crippen molar-refractivity contribution in [2.75, 3.05) is 47.5 Å². The Morgan fingerprint density at radius 2 is 0.593 bits per heavy atom. The van der Waals surface area contributed by atoms with E-state index >= 15 is 0 Å². The largest absolute Gasteiger partial charge is 0.545 e. The van der Waals surface area contributed by atoms with E-state index in [1.165, 1.54) is 122 Å². The Bertz CT molecular complexity index is 2060. The highest BCUT2D eigenvalue weighted by Crippen LogP contribution is 2.17.